The van der Waals surface area contributed by atoms with E-state index in [4.69, 9.17) is 11.6 Å². The number of anilines is 1. The number of hydrogen-bond acceptors (Lipinski definition) is 4. The Balaban J connectivity index is 1.42. The second-order valence-electron chi connectivity index (χ2n) is 6.99. The zero-order valence-electron chi connectivity index (χ0n) is 15.6. The van der Waals surface area contributed by atoms with Crippen LogP contribution < -0.4 is 4.90 Å². The zero-order chi connectivity index (χ0) is 19.3. The Bertz CT molecular complexity index is 933. The molecule has 0 saturated carbocycles. The molecule has 0 spiro atoms. The lowest BCUT2D eigenvalue weighted by molar-refractivity contribution is 0.111. The first-order valence-corrected chi connectivity index (χ1v) is 9.83. The van der Waals surface area contributed by atoms with Gasteiger partial charge in [0.25, 0.3) is 0 Å². The molecule has 28 heavy (non-hydrogen) atoms. The Morgan fingerprint density at radius 2 is 1.68 bits per heavy atom. The maximum atomic E-state index is 10.8. The van der Waals surface area contributed by atoms with Crippen LogP contribution in [0.5, 0.6) is 0 Å². The van der Waals surface area contributed by atoms with E-state index in [1.54, 1.807) is 12.3 Å². The molecule has 0 aliphatic carbocycles. The molecule has 2 heterocycles. The number of carbonyl (C=O) groups excluding carboxylic acids is 1. The molecule has 3 aromatic rings. The average molecular weight is 392 g/mol. The molecule has 1 saturated heterocycles. The molecule has 1 fully saturated rings. The average Bonchev–Trinajstić information content (AvgIpc) is 2.75. The van der Waals surface area contributed by atoms with Gasteiger partial charge in [0.05, 0.1) is 11.9 Å². The number of benzene rings is 2. The minimum Gasteiger partial charge on any atom is -0.368 e. The van der Waals surface area contributed by atoms with E-state index in [0.29, 0.717) is 5.69 Å². The van der Waals surface area contributed by atoms with Gasteiger partial charge in [0, 0.05) is 37.7 Å². The van der Waals surface area contributed by atoms with Crippen LogP contribution in [0, 0.1) is 0 Å². The molecule has 0 bridgehead atoms. The predicted molar refractivity (Wildman–Crippen MR) is 114 cm³/mol. The van der Waals surface area contributed by atoms with Gasteiger partial charge in [0.2, 0.25) is 0 Å². The van der Waals surface area contributed by atoms with Crippen molar-refractivity contribution in [1.82, 2.24) is 9.88 Å². The normalized spacial score (nSPS) is 14.8. The SMILES string of the molecule is O=Cc1ccc(N2CCN(Cc3ccccc3-c3ccc(Cl)cc3)CC2)cn1. The first-order chi connectivity index (χ1) is 13.7. The third-order valence-electron chi connectivity index (χ3n) is 5.20. The minimum absolute atomic E-state index is 0.473. The molecule has 1 aliphatic rings. The van der Waals surface area contributed by atoms with Crippen molar-refractivity contribution in [2.45, 2.75) is 6.54 Å². The van der Waals surface area contributed by atoms with E-state index in [0.717, 1.165) is 49.7 Å². The molecular weight excluding hydrogens is 370 g/mol. The monoisotopic (exact) mass is 391 g/mol. The fourth-order valence-corrected chi connectivity index (χ4v) is 3.75. The number of piperazine rings is 1. The summed E-state index contributed by atoms with van der Waals surface area (Å²) in [5.74, 6) is 0. The number of rotatable bonds is 5. The van der Waals surface area contributed by atoms with Gasteiger partial charge in [-0.2, -0.15) is 0 Å². The van der Waals surface area contributed by atoms with Gasteiger partial charge in [0.15, 0.2) is 6.29 Å². The van der Waals surface area contributed by atoms with Gasteiger partial charge < -0.3 is 4.90 Å². The lowest BCUT2D eigenvalue weighted by Gasteiger charge is -2.36. The number of pyridine rings is 1. The molecule has 4 rings (SSSR count). The molecule has 0 atom stereocenters. The van der Waals surface area contributed by atoms with E-state index in [1.807, 2.05) is 18.2 Å². The third-order valence-corrected chi connectivity index (χ3v) is 5.45. The van der Waals surface area contributed by atoms with E-state index in [-0.39, 0.29) is 0 Å². The van der Waals surface area contributed by atoms with E-state index in [2.05, 4.69) is 51.2 Å². The first-order valence-electron chi connectivity index (χ1n) is 9.45. The number of hydrogen-bond donors (Lipinski definition) is 0. The van der Waals surface area contributed by atoms with Crippen LogP contribution in [0.4, 0.5) is 5.69 Å². The van der Waals surface area contributed by atoms with Crippen molar-refractivity contribution in [3.63, 3.8) is 0 Å². The predicted octanol–water partition coefficient (Wildman–Crippen LogP) is 4.54. The highest BCUT2D eigenvalue weighted by atomic mass is 35.5. The smallest absolute Gasteiger partial charge is 0.168 e. The lowest BCUT2D eigenvalue weighted by Crippen LogP contribution is -2.46. The maximum Gasteiger partial charge on any atom is 0.168 e. The van der Waals surface area contributed by atoms with Gasteiger partial charge >= 0.3 is 0 Å². The van der Waals surface area contributed by atoms with Crippen molar-refractivity contribution in [3.05, 3.63) is 83.1 Å². The van der Waals surface area contributed by atoms with E-state index in [1.165, 1.54) is 16.7 Å². The Labute approximate surface area is 170 Å². The highest BCUT2D eigenvalue weighted by Crippen LogP contribution is 2.26. The highest BCUT2D eigenvalue weighted by Gasteiger charge is 2.18. The van der Waals surface area contributed by atoms with Crippen molar-refractivity contribution in [2.24, 2.45) is 0 Å². The fourth-order valence-electron chi connectivity index (χ4n) is 3.63. The summed E-state index contributed by atoms with van der Waals surface area (Å²) >= 11 is 6.04. The van der Waals surface area contributed by atoms with E-state index >= 15 is 0 Å². The summed E-state index contributed by atoms with van der Waals surface area (Å²) in [4.78, 5) is 19.8. The third kappa shape index (κ3) is 4.24. The number of aromatic nitrogens is 1. The van der Waals surface area contributed by atoms with Crippen LogP contribution in [0.1, 0.15) is 16.1 Å². The summed E-state index contributed by atoms with van der Waals surface area (Å²) in [6.45, 7) is 4.81. The van der Waals surface area contributed by atoms with Gasteiger partial charge in [-0.05, 0) is 41.0 Å². The minimum atomic E-state index is 0.473. The summed E-state index contributed by atoms with van der Waals surface area (Å²) in [5, 5.41) is 0.757. The summed E-state index contributed by atoms with van der Waals surface area (Å²) in [7, 11) is 0. The summed E-state index contributed by atoms with van der Waals surface area (Å²) in [6.07, 6.45) is 2.56. The van der Waals surface area contributed by atoms with Crippen LogP contribution in [-0.2, 0) is 6.54 Å². The Morgan fingerprint density at radius 1 is 0.929 bits per heavy atom. The largest absolute Gasteiger partial charge is 0.368 e. The van der Waals surface area contributed by atoms with Crippen molar-refractivity contribution < 1.29 is 4.79 Å². The van der Waals surface area contributed by atoms with Crippen molar-refractivity contribution in [2.75, 3.05) is 31.1 Å². The topological polar surface area (TPSA) is 36.4 Å². The maximum absolute atomic E-state index is 10.8. The van der Waals surface area contributed by atoms with Crippen molar-refractivity contribution in [1.29, 1.82) is 0 Å². The van der Waals surface area contributed by atoms with Crippen molar-refractivity contribution in [3.8, 4) is 11.1 Å². The number of nitrogens with zero attached hydrogens (tertiary/aromatic N) is 3. The van der Waals surface area contributed by atoms with Gasteiger partial charge in [-0.15, -0.1) is 0 Å². The number of aldehydes is 1. The van der Waals surface area contributed by atoms with Crippen molar-refractivity contribution >= 4 is 23.6 Å². The molecule has 1 aliphatic heterocycles. The Kier molecular flexibility index (Phi) is 5.70. The molecular formula is C23H22ClN3O. The summed E-state index contributed by atoms with van der Waals surface area (Å²) in [5.41, 5.74) is 5.33. The standard InChI is InChI=1S/C23H22ClN3O/c24-20-7-5-18(6-8-20)23-4-2-1-3-19(23)16-26-11-13-27(14-12-26)22-10-9-21(17-28)25-15-22/h1-10,15,17H,11-14,16H2. The van der Waals surface area contributed by atoms with Crippen LogP contribution in [-0.4, -0.2) is 42.3 Å². The molecule has 142 valence electrons. The second-order valence-corrected chi connectivity index (χ2v) is 7.42. The van der Waals surface area contributed by atoms with Gasteiger partial charge in [-0.25, -0.2) is 0 Å². The number of halogens is 1. The first kappa shape index (κ1) is 18.7. The summed E-state index contributed by atoms with van der Waals surface area (Å²) in [6, 6.07) is 20.4. The van der Waals surface area contributed by atoms with E-state index in [9.17, 15) is 4.79 Å². The number of carbonyl (C=O) groups is 1. The molecule has 0 unspecified atom stereocenters. The van der Waals surface area contributed by atoms with Crippen LogP contribution in [0.2, 0.25) is 5.02 Å². The molecule has 0 N–H and O–H groups in total. The van der Waals surface area contributed by atoms with Gasteiger partial charge in [-0.1, -0.05) is 48.0 Å². The fraction of sp³-hybridized carbons (Fsp3) is 0.217. The molecule has 1 aromatic heterocycles. The second kappa shape index (κ2) is 8.55. The molecule has 4 nitrogen and oxygen atoms in total. The quantitative estimate of drug-likeness (QED) is 0.598. The highest BCUT2D eigenvalue weighted by molar-refractivity contribution is 6.30. The van der Waals surface area contributed by atoms with Gasteiger partial charge in [0.1, 0.15) is 5.69 Å². The zero-order valence-corrected chi connectivity index (χ0v) is 16.3. The van der Waals surface area contributed by atoms with Crippen LogP contribution >= 0.6 is 11.6 Å². The Morgan fingerprint density at radius 3 is 2.36 bits per heavy atom. The van der Waals surface area contributed by atoms with E-state index < -0.39 is 0 Å². The van der Waals surface area contributed by atoms with Crippen LogP contribution in [0.3, 0.4) is 0 Å². The lowest BCUT2D eigenvalue weighted by atomic mass is 9.99. The molecule has 0 amide bonds. The van der Waals surface area contributed by atoms with Crippen LogP contribution in [0.25, 0.3) is 11.1 Å². The molecule has 5 heteroatoms. The van der Waals surface area contributed by atoms with Gasteiger partial charge in [-0.3, -0.25) is 14.7 Å². The Hall–Kier alpha value is -2.69. The summed E-state index contributed by atoms with van der Waals surface area (Å²) < 4.78 is 0. The molecule has 0 radical (unpaired) electrons. The van der Waals surface area contributed by atoms with Crippen LogP contribution in [0.15, 0.2) is 66.9 Å². The molecule has 2 aromatic carbocycles.